The highest BCUT2D eigenvalue weighted by atomic mass is 16.5. The molecule has 4 bridgehead atoms. The van der Waals surface area contributed by atoms with Crippen LogP contribution in [0.25, 0.3) is 0 Å². The number of carbonyl (C=O) groups excluding carboxylic acids is 2. The van der Waals surface area contributed by atoms with Crippen molar-refractivity contribution in [1.29, 1.82) is 0 Å². The zero-order valence-electron chi connectivity index (χ0n) is 32.0. The monoisotopic (exact) mass is 745 g/mol. The van der Waals surface area contributed by atoms with E-state index in [9.17, 15) is 40.2 Å². The molecular weight excluding hydrogens is 686 g/mol. The van der Waals surface area contributed by atoms with Gasteiger partial charge in [0, 0.05) is 53.2 Å². The number of carbonyl (C=O) groups is 2. The number of hydrogen-bond acceptors (Lipinski definition) is 10. The summed E-state index contributed by atoms with van der Waals surface area (Å²) in [5.74, 6) is 4.61. The van der Waals surface area contributed by atoms with Crippen LogP contribution in [0.2, 0.25) is 0 Å². The van der Waals surface area contributed by atoms with Crippen LogP contribution in [-0.4, -0.2) is 91.6 Å². The van der Waals surface area contributed by atoms with Gasteiger partial charge >= 0.3 is 5.97 Å². The number of nitrogens with one attached hydrogen (secondary N) is 1. The van der Waals surface area contributed by atoms with Crippen LogP contribution in [0, 0.1) is 57.7 Å². The van der Waals surface area contributed by atoms with Crippen LogP contribution in [-0.2, 0) is 27.4 Å². The molecule has 10 heteroatoms. The first kappa shape index (κ1) is 38.3. The fourth-order valence-electron chi connectivity index (χ4n) is 14.3. The summed E-state index contributed by atoms with van der Waals surface area (Å²) < 4.78 is 6.19. The van der Waals surface area contributed by atoms with Crippen molar-refractivity contribution in [3.63, 3.8) is 0 Å². The number of ether oxygens (including phenoxy) is 1. The van der Waals surface area contributed by atoms with Gasteiger partial charge in [0.15, 0.2) is 0 Å². The van der Waals surface area contributed by atoms with Gasteiger partial charge in [-0.05, 0) is 112 Å². The molecule has 10 nitrogen and oxygen atoms in total. The highest BCUT2D eigenvalue weighted by Gasteiger charge is 2.85. The summed E-state index contributed by atoms with van der Waals surface area (Å²) in [4.78, 5) is 27.2. The number of benzene rings is 1. The minimum atomic E-state index is -1.83. The van der Waals surface area contributed by atoms with Crippen molar-refractivity contribution < 1.29 is 45.0 Å². The van der Waals surface area contributed by atoms with E-state index in [0.717, 1.165) is 29.4 Å². The molecule has 0 saturated heterocycles. The van der Waals surface area contributed by atoms with E-state index in [1.165, 1.54) is 6.08 Å². The molecule has 54 heavy (non-hydrogen) atoms. The Kier molecular flexibility index (Phi) is 9.37. The summed E-state index contributed by atoms with van der Waals surface area (Å²) in [7, 11) is 1.88. The fourth-order valence-corrected chi connectivity index (χ4v) is 14.3. The molecule has 1 aromatic carbocycles. The maximum Gasteiger partial charge on any atom is 0.331 e. The van der Waals surface area contributed by atoms with Gasteiger partial charge in [0.05, 0.1) is 35.9 Å². The SMILES string of the molecule is CN[C@@H]1Cc2c(cccc2CO)C#CCC[C@]23CC[C@H]4[C@@](O)(C[C@@H](CCC(C)C)[C@]5(O)C[C@@H](O)CC[C@]45C=O)[C@@]2(O)C[C@@H]2C[C@@H]1[C@H]1OC(=O)C=C1[C@@]23CO. The van der Waals surface area contributed by atoms with Gasteiger partial charge < -0.3 is 45.5 Å². The summed E-state index contributed by atoms with van der Waals surface area (Å²) in [6, 6.07) is 5.52. The molecule has 0 aromatic heterocycles. The molecule has 7 N–H and O–H groups in total. The smallest absolute Gasteiger partial charge is 0.331 e. The number of aldehydes is 1. The molecule has 8 aliphatic rings. The molecule has 7 aliphatic carbocycles. The first-order valence-corrected chi connectivity index (χ1v) is 20.5. The van der Waals surface area contributed by atoms with E-state index < -0.39 is 63.1 Å². The molecule has 0 radical (unpaired) electrons. The normalized spacial score (nSPS) is 46.2. The van der Waals surface area contributed by atoms with Crippen LogP contribution in [0.5, 0.6) is 0 Å². The Balaban J connectivity index is 1.35. The summed E-state index contributed by atoms with van der Waals surface area (Å²) in [6.45, 7) is 3.70. The van der Waals surface area contributed by atoms with E-state index in [0.29, 0.717) is 56.9 Å². The number of hydrogen-bond donors (Lipinski definition) is 7. The van der Waals surface area contributed by atoms with Gasteiger partial charge in [0.1, 0.15) is 18.0 Å². The molecule has 1 aliphatic heterocycles. The lowest BCUT2D eigenvalue weighted by molar-refractivity contribution is -0.339. The molecular formula is C44H59NO9. The highest BCUT2D eigenvalue weighted by molar-refractivity contribution is 5.87. The van der Waals surface area contributed by atoms with Crippen LogP contribution in [0.15, 0.2) is 29.8 Å². The van der Waals surface area contributed by atoms with E-state index in [1.54, 1.807) is 0 Å². The third-order valence-corrected chi connectivity index (χ3v) is 16.6. The third kappa shape index (κ3) is 4.79. The summed E-state index contributed by atoms with van der Waals surface area (Å²) in [5, 5.41) is 77.3. The Morgan fingerprint density at radius 3 is 2.56 bits per heavy atom. The number of aliphatic hydroxyl groups excluding tert-OH is 3. The highest BCUT2D eigenvalue weighted by Crippen LogP contribution is 2.80. The Labute approximate surface area is 318 Å². The van der Waals surface area contributed by atoms with Crippen molar-refractivity contribution in [3.05, 3.63) is 46.5 Å². The first-order chi connectivity index (χ1) is 25.7. The first-order valence-electron chi connectivity index (χ1n) is 20.5. The van der Waals surface area contributed by atoms with E-state index >= 15 is 0 Å². The average Bonchev–Trinajstić information content (AvgIpc) is 3.64. The largest absolute Gasteiger partial charge is 0.454 e. The zero-order valence-corrected chi connectivity index (χ0v) is 32.0. The third-order valence-electron chi connectivity index (χ3n) is 16.6. The minimum absolute atomic E-state index is 0.0457. The summed E-state index contributed by atoms with van der Waals surface area (Å²) >= 11 is 0. The molecule has 5 saturated carbocycles. The van der Waals surface area contributed by atoms with Gasteiger partial charge in [0.2, 0.25) is 0 Å². The molecule has 294 valence electrons. The second kappa shape index (κ2) is 13.2. The predicted octanol–water partition coefficient (Wildman–Crippen LogP) is 3.10. The van der Waals surface area contributed by atoms with Gasteiger partial charge in [0.25, 0.3) is 0 Å². The fraction of sp³-hybridized carbons (Fsp3) is 0.727. The van der Waals surface area contributed by atoms with Gasteiger partial charge in [-0.2, -0.15) is 0 Å². The number of rotatable bonds is 7. The maximum absolute atomic E-state index is 14.0. The van der Waals surface area contributed by atoms with Gasteiger partial charge in [-0.1, -0.05) is 44.2 Å². The predicted molar refractivity (Wildman–Crippen MR) is 199 cm³/mol. The molecule has 1 heterocycles. The molecule has 9 rings (SSSR count). The van der Waals surface area contributed by atoms with Crippen LogP contribution >= 0.6 is 0 Å². The van der Waals surface area contributed by atoms with Crippen molar-refractivity contribution in [1.82, 2.24) is 5.32 Å². The van der Waals surface area contributed by atoms with Crippen molar-refractivity contribution >= 4 is 12.3 Å². The maximum atomic E-state index is 14.0. The average molecular weight is 746 g/mol. The standard InChI is InChI=1S/C44H59NO9/c1-26(2)10-11-29-20-43(52)36(39(24-47)15-12-31(49)22-42(29,39)51)13-16-40-14-5-4-7-27-8-6-9-28(23-46)32(27)18-35(45-3)33-17-30(21-44(40,43)53)41(40,25-48)34-19-37(50)54-38(33)34/h6,8-9,19,24,26,29-31,33,35-36,38,45-46,48-49,51-53H,5,10-18,20-23,25H2,1-3H3/t29-,30+,31+,33+,35-,36-,38-,39+,40-,41-,42-,43+,44-/m1/s1. The Morgan fingerprint density at radius 1 is 1.06 bits per heavy atom. The lowest BCUT2D eigenvalue weighted by Gasteiger charge is -2.71. The molecule has 13 atom stereocenters. The molecule has 1 aromatic rings. The lowest BCUT2D eigenvalue weighted by atomic mass is 9.35. The number of likely N-dealkylation sites (N-methyl/N-ethyl adjacent to an activating group) is 1. The summed E-state index contributed by atoms with van der Waals surface area (Å²) in [5.41, 5.74) is -5.66. The van der Waals surface area contributed by atoms with Gasteiger partial charge in [-0.3, -0.25) is 0 Å². The minimum Gasteiger partial charge on any atom is -0.454 e. The van der Waals surface area contributed by atoms with Gasteiger partial charge in [-0.25, -0.2) is 4.79 Å². The van der Waals surface area contributed by atoms with Crippen molar-refractivity contribution in [2.45, 2.75) is 139 Å². The van der Waals surface area contributed by atoms with Gasteiger partial charge in [-0.15, -0.1) is 0 Å². The molecule has 0 unspecified atom stereocenters. The van der Waals surface area contributed by atoms with Crippen LogP contribution in [0.1, 0.15) is 108 Å². The van der Waals surface area contributed by atoms with E-state index in [-0.39, 0.29) is 62.7 Å². The van der Waals surface area contributed by atoms with E-state index in [2.05, 4.69) is 31.0 Å². The van der Waals surface area contributed by atoms with Crippen molar-refractivity contribution in [2.24, 2.45) is 45.8 Å². The summed E-state index contributed by atoms with van der Waals surface area (Å²) in [6.07, 6.45) is 5.27. The van der Waals surface area contributed by atoms with Crippen molar-refractivity contribution in [2.75, 3.05) is 13.7 Å². The lowest BCUT2D eigenvalue weighted by Crippen LogP contribution is -2.80. The van der Waals surface area contributed by atoms with E-state index in [1.807, 2.05) is 25.2 Å². The number of fused-ring (bicyclic) bond motifs is 7. The van der Waals surface area contributed by atoms with Crippen LogP contribution < -0.4 is 5.32 Å². The second-order valence-corrected chi connectivity index (χ2v) is 18.7. The Hall–Kier alpha value is -2.62. The van der Waals surface area contributed by atoms with Crippen molar-refractivity contribution in [3.8, 4) is 11.8 Å². The topological polar surface area (TPSA) is 177 Å². The molecule has 5 fully saturated rings. The quantitative estimate of drug-likeness (QED) is 0.125. The number of esters is 1. The second-order valence-electron chi connectivity index (χ2n) is 18.7. The number of aliphatic hydroxyl groups is 6. The van der Waals surface area contributed by atoms with Crippen LogP contribution in [0.4, 0.5) is 0 Å². The van der Waals surface area contributed by atoms with E-state index in [4.69, 9.17) is 4.74 Å². The Morgan fingerprint density at radius 2 is 1.85 bits per heavy atom. The molecule has 0 amide bonds. The zero-order chi connectivity index (χ0) is 38.5. The molecule has 1 spiro atoms. The Bertz CT molecular complexity index is 1780. The van der Waals surface area contributed by atoms with Crippen LogP contribution in [0.3, 0.4) is 0 Å².